The molecule has 0 spiro atoms. The van der Waals surface area contributed by atoms with Gasteiger partial charge < -0.3 is 9.32 Å². The lowest BCUT2D eigenvalue weighted by Crippen LogP contribution is -2.31. The topological polar surface area (TPSA) is 63.4 Å². The van der Waals surface area contributed by atoms with Gasteiger partial charge >= 0.3 is 5.63 Å². The third kappa shape index (κ3) is 2.53. The second-order valence-electron chi connectivity index (χ2n) is 5.93. The predicted molar refractivity (Wildman–Crippen MR) is 92.3 cm³/mol. The molecule has 3 heterocycles. The number of thiazole rings is 1. The number of nitrogens with zero attached hydrogens (tertiary/aromatic N) is 2. The zero-order valence-corrected chi connectivity index (χ0v) is 14.0. The molecular formula is C18H16N2O3S. The fraction of sp³-hybridized carbons (Fsp3) is 0.278. The Hall–Kier alpha value is -2.47. The van der Waals surface area contributed by atoms with Gasteiger partial charge in [-0.1, -0.05) is 18.2 Å². The van der Waals surface area contributed by atoms with Crippen LogP contribution in [0.25, 0.3) is 10.8 Å². The smallest absolute Gasteiger partial charge is 0.344 e. The predicted octanol–water partition coefficient (Wildman–Crippen LogP) is 3.54. The largest absolute Gasteiger partial charge is 0.417 e. The molecule has 0 aliphatic carbocycles. The van der Waals surface area contributed by atoms with Gasteiger partial charge in [0.2, 0.25) is 0 Å². The van der Waals surface area contributed by atoms with Crippen molar-refractivity contribution in [2.45, 2.75) is 25.8 Å². The molecule has 1 saturated heterocycles. The summed E-state index contributed by atoms with van der Waals surface area (Å²) in [6, 6.07) is 8.75. The van der Waals surface area contributed by atoms with Crippen molar-refractivity contribution in [1.82, 2.24) is 9.88 Å². The molecule has 4 rings (SSSR count). The molecule has 1 fully saturated rings. The molecule has 3 aromatic rings. The molecular weight excluding hydrogens is 324 g/mol. The van der Waals surface area contributed by atoms with Crippen molar-refractivity contribution in [3.05, 3.63) is 62.6 Å². The van der Waals surface area contributed by atoms with Gasteiger partial charge in [0.15, 0.2) is 5.76 Å². The van der Waals surface area contributed by atoms with E-state index in [4.69, 9.17) is 4.42 Å². The Kier molecular flexibility index (Phi) is 3.69. The Balaban J connectivity index is 1.71. The van der Waals surface area contributed by atoms with Crippen LogP contribution < -0.4 is 5.63 Å². The number of aryl methyl sites for hydroxylation is 1. The summed E-state index contributed by atoms with van der Waals surface area (Å²) < 4.78 is 5.29. The SMILES string of the molecule is Cc1nc([C@@H]2CCCN2C(=O)c2cc3ccccc3c(=O)o2)cs1. The first-order valence-corrected chi connectivity index (χ1v) is 8.77. The van der Waals surface area contributed by atoms with Crippen LogP contribution in [0.1, 0.15) is 40.1 Å². The summed E-state index contributed by atoms with van der Waals surface area (Å²) in [7, 11) is 0. The second kappa shape index (κ2) is 5.87. The minimum Gasteiger partial charge on any atom is -0.417 e. The van der Waals surface area contributed by atoms with Crippen LogP contribution in [0.15, 0.2) is 44.9 Å². The quantitative estimate of drug-likeness (QED) is 0.716. The first-order valence-electron chi connectivity index (χ1n) is 7.89. The van der Waals surface area contributed by atoms with Crippen molar-refractivity contribution in [3.8, 4) is 0 Å². The van der Waals surface area contributed by atoms with Crippen LogP contribution in [0.4, 0.5) is 0 Å². The minimum atomic E-state index is -0.475. The van der Waals surface area contributed by atoms with E-state index in [1.54, 1.807) is 34.4 Å². The molecule has 0 radical (unpaired) electrons. The molecule has 5 nitrogen and oxygen atoms in total. The van der Waals surface area contributed by atoms with E-state index >= 15 is 0 Å². The molecule has 1 amide bonds. The fourth-order valence-electron chi connectivity index (χ4n) is 3.23. The molecule has 2 aromatic heterocycles. The highest BCUT2D eigenvalue weighted by atomic mass is 32.1. The van der Waals surface area contributed by atoms with Crippen molar-refractivity contribution >= 4 is 28.0 Å². The highest BCUT2D eigenvalue weighted by Crippen LogP contribution is 2.33. The zero-order chi connectivity index (χ0) is 16.7. The Labute approximate surface area is 142 Å². The molecule has 24 heavy (non-hydrogen) atoms. The number of hydrogen-bond donors (Lipinski definition) is 0. The van der Waals surface area contributed by atoms with Crippen molar-refractivity contribution < 1.29 is 9.21 Å². The van der Waals surface area contributed by atoms with Crippen LogP contribution in [-0.4, -0.2) is 22.3 Å². The first-order chi connectivity index (χ1) is 11.6. The Bertz CT molecular complexity index is 976. The maximum atomic E-state index is 12.9. The van der Waals surface area contributed by atoms with Gasteiger partial charge in [0, 0.05) is 11.9 Å². The van der Waals surface area contributed by atoms with Gasteiger partial charge in [0.1, 0.15) is 0 Å². The van der Waals surface area contributed by atoms with E-state index in [1.165, 1.54) is 0 Å². The summed E-state index contributed by atoms with van der Waals surface area (Å²) in [6.07, 6.45) is 1.80. The van der Waals surface area contributed by atoms with Crippen LogP contribution in [0.5, 0.6) is 0 Å². The van der Waals surface area contributed by atoms with Crippen molar-refractivity contribution in [1.29, 1.82) is 0 Å². The number of fused-ring (bicyclic) bond motifs is 1. The van der Waals surface area contributed by atoms with Crippen LogP contribution >= 0.6 is 11.3 Å². The number of carbonyl (C=O) groups excluding carboxylic acids is 1. The first kappa shape index (κ1) is 15.1. The third-order valence-electron chi connectivity index (χ3n) is 4.37. The molecule has 1 atom stereocenters. The average molecular weight is 340 g/mol. The number of aromatic nitrogens is 1. The molecule has 0 unspecified atom stereocenters. The summed E-state index contributed by atoms with van der Waals surface area (Å²) in [5, 5.41) is 4.20. The lowest BCUT2D eigenvalue weighted by molar-refractivity contribution is 0.0696. The number of hydrogen-bond acceptors (Lipinski definition) is 5. The van der Waals surface area contributed by atoms with Gasteiger partial charge in [0.25, 0.3) is 5.91 Å². The van der Waals surface area contributed by atoms with E-state index in [-0.39, 0.29) is 17.7 Å². The lowest BCUT2D eigenvalue weighted by atomic mass is 10.1. The van der Waals surface area contributed by atoms with Gasteiger partial charge in [-0.15, -0.1) is 11.3 Å². The van der Waals surface area contributed by atoms with Crippen LogP contribution in [-0.2, 0) is 0 Å². The molecule has 1 aliphatic heterocycles. The maximum Gasteiger partial charge on any atom is 0.344 e. The number of carbonyl (C=O) groups is 1. The van der Waals surface area contributed by atoms with Crippen LogP contribution in [0, 0.1) is 6.92 Å². The number of likely N-dealkylation sites (tertiary alicyclic amines) is 1. The van der Waals surface area contributed by atoms with Crippen molar-refractivity contribution in [2.24, 2.45) is 0 Å². The van der Waals surface area contributed by atoms with Crippen LogP contribution in [0.2, 0.25) is 0 Å². The van der Waals surface area contributed by atoms with Gasteiger partial charge in [-0.2, -0.15) is 0 Å². The monoisotopic (exact) mass is 340 g/mol. The molecule has 0 N–H and O–H groups in total. The second-order valence-corrected chi connectivity index (χ2v) is 7.00. The van der Waals surface area contributed by atoms with Gasteiger partial charge in [-0.3, -0.25) is 4.79 Å². The summed E-state index contributed by atoms with van der Waals surface area (Å²) in [5.41, 5.74) is 0.447. The molecule has 0 bridgehead atoms. The molecule has 0 saturated carbocycles. The van der Waals surface area contributed by atoms with E-state index in [2.05, 4.69) is 4.98 Å². The van der Waals surface area contributed by atoms with Gasteiger partial charge in [-0.05, 0) is 37.3 Å². The zero-order valence-electron chi connectivity index (χ0n) is 13.2. The van der Waals surface area contributed by atoms with Gasteiger partial charge in [0.05, 0.1) is 22.1 Å². The standard InChI is InChI=1S/C18H16N2O3S/c1-11-19-14(10-24-11)15-7-4-8-20(15)17(21)16-9-12-5-2-3-6-13(12)18(22)23-16/h2-3,5-6,9-10,15H,4,7-8H2,1H3/t15-/m0/s1. The van der Waals surface area contributed by atoms with Crippen LogP contribution in [0.3, 0.4) is 0 Å². The Morgan fingerprint density at radius 3 is 3.00 bits per heavy atom. The van der Waals surface area contributed by atoms with Crippen molar-refractivity contribution in [2.75, 3.05) is 6.54 Å². The average Bonchev–Trinajstić information content (AvgIpc) is 3.22. The highest BCUT2D eigenvalue weighted by Gasteiger charge is 2.33. The molecule has 122 valence electrons. The van der Waals surface area contributed by atoms with Gasteiger partial charge in [-0.25, -0.2) is 9.78 Å². The number of benzene rings is 1. The fourth-order valence-corrected chi connectivity index (χ4v) is 3.89. The van der Waals surface area contributed by atoms with E-state index in [0.717, 1.165) is 28.9 Å². The summed E-state index contributed by atoms with van der Waals surface area (Å²) >= 11 is 1.58. The summed E-state index contributed by atoms with van der Waals surface area (Å²) in [5.74, 6) is -0.149. The lowest BCUT2D eigenvalue weighted by Gasteiger charge is -2.22. The Morgan fingerprint density at radius 1 is 1.38 bits per heavy atom. The molecule has 6 heteroatoms. The number of amides is 1. The highest BCUT2D eigenvalue weighted by molar-refractivity contribution is 7.09. The van der Waals surface area contributed by atoms with E-state index in [0.29, 0.717) is 11.9 Å². The third-order valence-corrected chi connectivity index (χ3v) is 5.16. The van der Waals surface area contributed by atoms with E-state index in [9.17, 15) is 9.59 Å². The molecule has 1 aliphatic rings. The number of rotatable bonds is 2. The maximum absolute atomic E-state index is 12.9. The van der Waals surface area contributed by atoms with Crippen molar-refractivity contribution in [3.63, 3.8) is 0 Å². The normalized spacial score (nSPS) is 17.5. The Morgan fingerprint density at radius 2 is 2.21 bits per heavy atom. The molecule has 1 aromatic carbocycles. The van der Waals surface area contributed by atoms with E-state index < -0.39 is 5.63 Å². The van der Waals surface area contributed by atoms with E-state index in [1.807, 2.05) is 24.4 Å². The minimum absolute atomic E-state index is 0.0424. The summed E-state index contributed by atoms with van der Waals surface area (Å²) in [6.45, 7) is 2.61. The summed E-state index contributed by atoms with van der Waals surface area (Å²) in [4.78, 5) is 31.3.